The first-order valence-electron chi connectivity index (χ1n) is 12.0. The van der Waals surface area contributed by atoms with Crippen LogP contribution in [0.1, 0.15) is 28.8 Å². The highest BCUT2D eigenvalue weighted by Crippen LogP contribution is 2.12. The van der Waals surface area contributed by atoms with E-state index in [0.29, 0.717) is 51.1 Å². The second kappa shape index (κ2) is 13.7. The lowest BCUT2D eigenvalue weighted by Crippen LogP contribution is -2.56. The van der Waals surface area contributed by atoms with E-state index in [9.17, 15) is 19.2 Å². The number of piperazine rings is 1. The molecule has 1 aliphatic rings. The fraction of sp³-hybridized carbons (Fsp3) is 0.333. The first-order valence-corrected chi connectivity index (χ1v) is 12.0. The third kappa shape index (κ3) is 7.97. The van der Waals surface area contributed by atoms with Gasteiger partial charge in [-0.1, -0.05) is 55.1 Å². The molecule has 9 nitrogen and oxygen atoms in total. The molecule has 1 saturated heterocycles. The van der Waals surface area contributed by atoms with Gasteiger partial charge in [0.05, 0.1) is 0 Å². The highest BCUT2D eigenvalue weighted by atomic mass is 16.5. The summed E-state index contributed by atoms with van der Waals surface area (Å²) in [6, 6.07) is 17.5. The van der Waals surface area contributed by atoms with Gasteiger partial charge in [-0.25, -0.2) is 4.79 Å². The third-order valence-corrected chi connectivity index (χ3v) is 5.86. The van der Waals surface area contributed by atoms with Crippen LogP contribution in [0, 0.1) is 0 Å². The van der Waals surface area contributed by atoms with Crippen LogP contribution in [0.25, 0.3) is 0 Å². The molecular formula is C27H32N4O5. The lowest BCUT2D eigenvalue weighted by molar-refractivity contribution is -0.135. The largest absolute Gasteiger partial charge is 0.445 e. The number of hydrogen-bond acceptors (Lipinski definition) is 5. The number of nitrogens with one attached hydrogen (secondary N) is 2. The van der Waals surface area contributed by atoms with E-state index in [4.69, 9.17) is 4.74 Å². The maximum Gasteiger partial charge on any atom is 0.408 e. The van der Waals surface area contributed by atoms with Gasteiger partial charge in [-0.05, 0) is 36.6 Å². The molecule has 1 fully saturated rings. The van der Waals surface area contributed by atoms with Gasteiger partial charge in [0.15, 0.2) is 0 Å². The summed E-state index contributed by atoms with van der Waals surface area (Å²) in [6.45, 7) is 5.37. The van der Waals surface area contributed by atoms with Crippen molar-refractivity contribution >= 4 is 23.8 Å². The van der Waals surface area contributed by atoms with E-state index in [1.54, 1.807) is 21.9 Å². The fourth-order valence-electron chi connectivity index (χ4n) is 3.87. The van der Waals surface area contributed by atoms with Gasteiger partial charge in [0, 0.05) is 38.3 Å². The summed E-state index contributed by atoms with van der Waals surface area (Å²) < 4.78 is 5.30. The molecule has 2 N–H and O–H groups in total. The molecule has 2 aromatic carbocycles. The average molecular weight is 493 g/mol. The standard InChI is InChI=1S/C27H32N4O5/c1-2-24(32)28-15-9-14-23(29-27(35)36-20-21-10-5-3-6-11-21)26(34)31-18-16-30(17-19-31)25(33)22-12-7-4-8-13-22/h2-8,10-13,23H,1,9,14-20H2,(H,28,32)(H,29,35)/t23-/m0/s1. The maximum absolute atomic E-state index is 13.3. The van der Waals surface area contributed by atoms with E-state index in [-0.39, 0.29) is 24.3 Å². The van der Waals surface area contributed by atoms with Gasteiger partial charge in [0.1, 0.15) is 12.6 Å². The monoisotopic (exact) mass is 492 g/mol. The number of ether oxygens (including phenoxy) is 1. The molecule has 36 heavy (non-hydrogen) atoms. The molecule has 2 aromatic rings. The van der Waals surface area contributed by atoms with Gasteiger partial charge in [-0.15, -0.1) is 0 Å². The highest BCUT2D eigenvalue weighted by Gasteiger charge is 2.30. The minimum Gasteiger partial charge on any atom is -0.445 e. The molecule has 0 saturated carbocycles. The summed E-state index contributed by atoms with van der Waals surface area (Å²) in [7, 11) is 0. The molecule has 0 radical (unpaired) electrons. The molecule has 0 bridgehead atoms. The summed E-state index contributed by atoms with van der Waals surface area (Å²) in [5.41, 5.74) is 1.45. The zero-order chi connectivity index (χ0) is 25.8. The molecule has 4 amide bonds. The summed E-state index contributed by atoms with van der Waals surface area (Å²) >= 11 is 0. The van der Waals surface area contributed by atoms with Crippen molar-refractivity contribution in [2.45, 2.75) is 25.5 Å². The summed E-state index contributed by atoms with van der Waals surface area (Å²) in [5.74, 6) is -0.611. The van der Waals surface area contributed by atoms with Gasteiger partial charge >= 0.3 is 6.09 Å². The number of alkyl carbamates (subject to hydrolysis) is 1. The van der Waals surface area contributed by atoms with Crippen LogP contribution in [0.2, 0.25) is 0 Å². The van der Waals surface area contributed by atoms with Crippen molar-refractivity contribution in [3.8, 4) is 0 Å². The fourth-order valence-corrected chi connectivity index (χ4v) is 3.87. The number of benzene rings is 2. The summed E-state index contributed by atoms with van der Waals surface area (Å²) in [4.78, 5) is 53.2. The van der Waals surface area contributed by atoms with E-state index in [1.807, 2.05) is 48.5 Å². The van der Waals surface area contributed by atoms with Crippen LogP contribution in [-0.2, 0) is 20.9 Å². The second-order valence-electron chi connectivity index (χ2n) is 8.38. The van der Waals surface area contributed by atoms with Gasteiger partial charge in [0.2, 0.25) is 11.8 Å². The Bertz CT molecular complexity index is 1040. The molecule has 190 valence electrons. The molecule has 0 aromatic heterocycles. The van der Waals surface area contributed by atoms with E-state index >= 15 is 0 Å². The lowest BCUT2D eigenvalue weighted by atomic mass is 10.1. The predicted molar refractivity (Wildman–Crippen MR) is 135 cm³/mol. The lowest BCUT2D eigenvalue weighted by Gasteiger charge is -2.36. The molecular weight excluding hydrogens is 460 g/mol. The minimum absolute atomic E-state index is 0.0696. The molecule has 0 spiro atoms. The summed E-state index contributed by atoms with van der Waals surface area (Å²) in [5, 5.41) is 5.35. The van der Waals surface area contributed by atoms with E-state index in [0.717, 1.165) is 5.56 Å². The quantitative estimate of drug-likeness (QED) is 0.391. The van der Waals surface area contributed by atoms with Crippen LogP contribution < -0.4 is 10.6 Å². The van der Waals surface area contributed by atoms with Gasteiger partial charge < -0.3 is 25.2 Å². The number of carbonyl (C=O) groups is 4. The van der Waals surface area contributed by atoms with Crippen molar-refractivity contribution in [2.75, 3.05) is 32.7 Å². The highest BCUT2D eigenvalue weighted by molar-refractivity contribution is 5.94. The van der Waals surface area contributed by atoms with Gasteiger partial charge in [0.25, 0.3) is 5.91 Å². The number of nitrogens with zero attached hydrogens (tertiary/aromatic N) is 2. The molecule has 3 rings (SSSR count). The number of hydrogen-bond donors (Lipinski definition) is 2. The minimum atomic E-state index is -0.815. The Morgan fingerprint density at radius 1 is 0.917 bits per heavy atom. The normalized spacial score (nSPS) is 13.9. The Kier molecular flexibility index (Phi) is 10.1. The Labute approximate surface area is 211 Å². The Morgan fingerprint density at radius 2 is 1.53 bits per heavy atom. The molecule has 9 heteroatoms. The van der Waals surface area contributed by atoms with E-state index in [1.165, 1.54) is 6.08 Å². The summed E-state index contributed by atoms with van der Waals surface area (Å²) in [6.07, 6.45) is 1.28. The van der Waals surface area contributed by atoms with Crippen molar-refractivity contribution in [2.24, 2.45) is 0 Å². The van der Waals surface area contributed by atoms with Crippen LogP contribution in [0.3, 0.4) is 0 Å². The van der Waals surface area contributed by atoms with Crippen molar-refractivity contribution in [1.29, 1.82) is 0 Å². The van der Waals surface area contributed by atoms with Crippen LogP contribution >= 0.6 is 0 Å². The van der Waals surface area contributed by atoms with Crippen molar-refractivity contribution in [3.63, 3.8) is 0 Å². The smallest absolute Gasteiger partial charge is 0.408 e. The average Bonchev–Trinajstić information content (AvgIpc) is 2.93. The van der Waals surface area contributed by atoms with Crippen molar-refractivity contribution in [1.82, 2.24) is 20.4 Å². The molecule has 1 heterocycles. The number of amides is 4. The van der Waals surface area contributed by atoms with Crippen LogP contribution in [0.4, 0.5) is 4.79 Å². The van der Waals surface area contributed by atoms with Crippen LogP contribution in [0.15, 0.2) is 73.3 Å². The van der Waals surface area contributed by atoms with Crippen LogP contribution in [-0.4, -0.2) is 72.4 Å². The maximum atomic E-state index is 13.3. The molecule has 0 unspecified atom stereocenters. The Hall–Kier alpha value is -4.14. The molecule has 1 atom stereocenters. The zero-order valence-electron chi connectivity index (χ0n) is 20.2. The predicted octanol–water partition coefficient (Wildman–Crippen LogP) is 2.35. The van der Waals surface area contributed by atoms with Crippen molar-refractivity contribution in [3.05, 3.63) is 84.4 Å². The molecule has 0 aliphatic carbocycles. The molecule has 1 aliphatic heterocycles. The topological polar surface area (TPSA) is 108 Å². The SMILES string of the molecule is C=CC(=O)NCCC[C@H](NC(=O)OCc1ccccc1)C(=O)N1CCN(C(=O)c2ccccc2)CC1. The van der Waals surface area contributed by atoms with Crippen LogP contribution in [0.5, 0.6) is 0 Å². The number of carbonyl (C=O) groups excluding carboxylic acids is 4. The third-order valence-electron chi connectivity index (χ3n) is 5.86. The number of rotatable bonds is 10. The van der Waals surface area contributed by atoms with E-state index < -0.39 is 12.1 Å². The Balaban J connectivity index is 1.55. The first kappa shape index (κ1) is 26.5. The van der Waals surface area contributed by atoms with E-state index in [2.05, 4.69) is 17.2 Å². The Morgan fingerprint density at radius 3 is 2.17 bits per heavy atom. The first-order chi connectivity index (χ1) is 17.5. The van der Waals surface area contributed by atoms with Gasteiger partial charge in [-0.2, -0.15) is 0 Å². The second-order valence-corrected chi connectivity index (χ2v) is 8.38. The van der Waals surface area contributed by atoms with Gasteiger partial charge in [-0.3, -0.25) is 14.4 Å². The van der Waals surface area contributed by atoms with Crippen molar-refractivity contribution < 1.29 is 23.9 Å². The zero-order valence-corrected chi connectivity index (χ0v) is 20.2.